The lowest BCUT2D eigenvalue weighted by molar-refractivity contribution is -0.159. The van der Waals surface area contributed by atoms with E-state index in [2.05, 4.69) is 31.1 Å². The molecule has 1 aromatic heterocycles. The summed E-state index contributed by atoms with van der Waals surface area (Å²) in [5, 5.41) is 29.6. The molecule has 6 N–H and O–H groups in total. The molecule has 148 valence electrons. The van der Waals surface area contributed by atoms with E-state index in [0.29, 0.717) is 0 Å². The molecule has 0 amide bonds. The van der Waals surface area contributed by atoms with Gasteiger partial charge in [0.1, 0.15) is 0 Å². The van der Waals surface area contributed by atoms with Crippen molar-refractivity contribution in [2.45, 2.75) is 25.8 Å². The molecule has 0 radical (unpaired) electrons. The molecule has 0 saturated heterocycles. The van der Waals surface area contributed by atoms with Crippen molar-refractivity contribution in [2.24, 2.45) is 5.73 Å². The monoisotopic (exact) mass is 392 g/mol. The van der Waals surface area contributed by atoms with Gasteiger partial charge in [-0.25, -0.2) is 19.2 Å². The van der Waals surface area contributed by atoms with E-state index < -0.39 is 23.9 Å². The minimum absolute atomic E-state index is 0.815. The van der Waals surface area contributed by atoms with E-state index in [0.717, 1.165) is 19.5 Å². The standard InChI is InChI=1S/C11H20N2S.2C2H2O4/c1-13(2)9-11-7-6-10(14-11)5-3-4-8-12;2*3-1(4)2(5)6/h6-7H,3-5,8-9,12H2,1-2H3;2*(H,3,4)(H,5,6). The van der Waals surface area contributed by atoms with Crippen molar-refractivity contribution in [2.75, 3.05) is 20.6 Å². The van der Waals surface area contributed by atoms with Crippen LogP contribution in [0.3, 0.4) is 0 Å². The van der Waals surface area contributed by atoms with Crippen molar-refractivity contribution in [3.63, 3.8) is 0 Å². The van der Waals surface area contributed by atoms with Crippen LogP contribution in [0.25, 0.3) is 0 Å². The third-order valence-electron chi connectivity index (χ3n) is 2.43. The second kappa shape index (κ2) is 14.8. The van der Waals surface area contributed by atoms with Crippen molar-refractivity contribution in [1.82, 2.24) is 4.90 Å². The molecule has 0 atom stereocenters. The quantitative estimate of drug-likeness (QED) is 0.336. The highest BCUT2D eigenvalue weighted by atomic mass is 32.1. The molecule has 0 saturated carbocycles. The summed E-state index contributed by atoms with van der Waals surface area (Å²) in [5.41, 5.74) is 5.46. The summed E-state index contributed by atoms with van der Waals surface area (Å²) in [6.45, 7) is 1.87. The fourth-order valence-corrected chi connectivity index (χ4v) is 2.57. The number of carboxylic acid groups (broad SMARTS) is 4. The van der Waals surface area contributed by atoms with E-state index in [1.54, 1.807) is 0 Å². The number of carboxylic acids is 4. The van der Waals surface area contributed by atoms with E-state index in [1.807, 2.05) is 11.3 Å². The number of hydrogen-bond donors (Lipinski definition) is 5. The highest BCUT2D eigenvalue weighted by Gasteiger charge is 2.04. The van der Waals surface area contributed by atoms with Gasteiger partial charge in [-0.15, -0.1) is 11.3 Å². The zero-order valence-corrected chi connectivity index (χ0v) is 15.4. The Kier molecular flexibility index (Phi) is 14.7. The molecule has 10 nitrogen and oxygen atoms in total. The Bertz CT molecular complexity index is 538. The van der Waals surface area contributed by atoms with Crippen LogP contribution in [-0.2, 0) is 32.1 Å². The molecule has 1 rings (SSSR count). The number of aliphatic carboxylic acids is 4. The van der Waals surface area contributed by atoms with Gasteiger partial charge in [0.2, 0.25) is 0 Å². The summed E-state index contributed by atoms with van der Waals surface area (Å²) in [7, 11) is 4.21. The number of carbonyl (C=O) groups is 4. The summed E-state index contributed by atoms with van der Waals surface area (Å²) in [6.07, 6.45) is 3.55. The van der Waals surface area contributed by atoms with Crippen LogP contribution < -0.4 is 5.73 Å². The Labute approximate surface area is 154 Å². The first kappa shape index (κ1) is 25.7. The number of thiophene rings is 1. The minimum atomic E-state index is -1.82. The number of unbranched alkanes of at least 4 members (excludes halogenated alkanes) is 1. The maximum atomic E-state index is 9.10. The molecule has 0 spiro atoms. The van der Waals surface area contributed by atoms with Gasteiger partial charge >= 0.3 is 23.9 Å². The van der Waals surface area contributed by atoms with Crippen LogP contribution in [0, 0.1) is 0 Å². The second-order valence-corrected chi connectivity index (χ2v) is 6.33. The average molecular weight is 392 g/mol. The van der Waals surface area contributed by atoms with Crippen molar-refractivity contribution in [3.8, 4) is 0 Å². The summed E-state index contributed by atoms with van der Waals surface area (Å²) < 4.78 is 0. The number of nitrogens with two attached hydrogens (primary N) is 1. The van der Waals surface area contributed by atoms with Crippen LogP contribution in [0.2, 0.25) is 0 Å². The molecule has 0 aliphatic rings. The Hall–Kier alpha value is -2.50. The molecule has 0 aliphatic heterocycles. The molecule has 0 aliphatic carbocycles. The van der Waals surface area contributed by atoms with E-state index >= 15 is 0 Å². The largest absolute Gasteiger partial charge is 0.473 e. The van der Waals surface area contributed by atoms with Crippen LogP contribution >= 0.6 is 11.3 Å². The fraction of sp³-hybridized carbons (Fsp3) is 0.467. The van der Waals surface area contributed by atoms with Gasteiger partial charge in [-0.2, -0.15) is 0 Å². The smallest absolute Gasteiger partial charge is 0.414 e. The predicted molar refractivity (Wildman–Crippen MR) is 94.2 cm³/mol. The van der Waals surface area contributed by atoms with Gasteiger partial charge in [0, 0.05) is 16.3 Å². The highest BCUT2D eigenvalue weighted by molar-refractivity contribution is 7.11. The molecule has 1 aromatic rings. The molecule has 1 heterocycles. The zero-order chi connectivity index (χ0) is 20.7. The normalized spacial score (nSPS) is 9.38. The van der Waals surface area contributed by atoms with E-state index in [4.69, 9.17) is 45.3 Å². The lowest BCUT2D eigenvalue weighted by atomic mass is 10.2. The third-order valence-corrected chi connectivity index (χ3v) is 3.56. The number of hydrogen-bond acceptors (Lipinski definition) is 7. The number of nitrogens with zero attached hydrogens (tertiary/aromatic N) is 1. The Morgan fingerprint density at radius 2 is 1.31 bits per heavy atom. The summed E-state index contributed by atoms with van der Waals surface area (Å²) >= 11 is 1.93. The minimum Gasteiger partial charge on any atom is -0.473 e. The van der Waals surface area contributed by atoms with Crippen LogP contribution in [-0.4, -0.2) is 69.8 Å². The van der Waals surface area contributed by atoms with Crippen molar-refractivity contribution in [3.05, 3.63) is 21.9 Å². The van der Waals surface area contributed by atoms with Crippen molar-refractivity contribution >= 4 is 35.2 Å². The van der Waals surface area contributed by atoms with Crippen LogP contribution in [0.5, 0.6) is 0 Å². The first-order valence-electron chi connectivity index (χ1n) is 7.36. The SMILES string of the molecule is CN(C)Cc1ccc(CCCCN)s1.O=C(O)C(=O)O.O=C(O)C(=O)O. The average Bonchev–Trinajstić information content (AvgIpc) is 2.95. The van der Waals surface area contributed by atoms with E-state index in [-0.39, 0.29) is 0 Å². The lowest BCUT2D eigenvalue weighted by Crippen LogP contribution is -2.09. The van der Waals surface area contributed by atoms with E-state index in [9.17, 15) is 0 Å². The highest BCUT2D eigenvalue weighted by Crippen LogP contribution is 2.19. The molecule has 11 heteroatoms. The number of rotatable bonds is 6. The molecule has 0 aromatic carbocycles. The molecule has 0 bridgehead atoms. The van der Waals surface area contributed by atoms with Gasteiger partial charge in [0.05, 0.1) is 0 Å². The van der Waals surface area contributed by atoms with Gasteiger partial charge in [-0.05, 0) is 52.0 Å². The summed E-state index contributed by atoms with van der Waals surface area (Å²) in [4.78, 5) is 41.6. The lowest BCUT2D eigenvalue weighted by Gasteiger charge is -2.05. The Morgan fingerprint density at radius 3 is 1.65 bits per heavy atom. The van der Waals surface area contributed by atoms with Crippen LogP contribution in [0.15, 0.2) is 12.1 Å². The predicted octanol–water partition coefficient (Wildman–Crippen LogP) is 0.402. The molecular formula is C15H24N2O8S. The zero-order valence-electron chi connectivity index (χ0n) is 14.5. The Morgan fingerprint density at radius 1 is 0.885 bits per heavy atom. The van der Waals surface area contributed by atoms with Crippen molar-refractivity contribution < 1.29 is 39.6 Å². The molecule has 0 fully saturated rings. The molecule has 26 heavy (non-hydrogen) atoms. The Balaban J connectivity index is 0. The fourth-order valence-electron chi connectivity index (χ4n) is 1.40. The van der Waals surface area contributed by atoms with Crippen LogP contribution in [0.4, 0.5) is 0 Å². The number of aryl methyl sites for hydroxylation is 1. The maximum Gasteiger partial charge on any atom is 0.414 e. The second-order valence-electron chi connectivity index (χ2n) is 5.07. The summed E-state index contributed by atoms with van der Waals surface area (Å²) in [6, 6.07) is 4.49. The first-order valence-corrected chi connectivity index (χ1v) is 8.17. The maximum absolute atomic E-state index is 9.10. The van der Waals surface area contributed by atoms with E-state index in [1.165, 1.54) is 22.6 Å². The molecular weight excluding hydrogens is 368 g/mol. The van der Waals surface area contributed by atoms with Gasteiger partial charge in [0.25, 0.3) is 0 Å². The van der Waals surface area contributed by atoms with Crippen LogP contribution in [0.1, 0.15) is 22.6 Å². The van der Waals surface area contributed by atoms with Gasteiger partial charge in [-0.3, -0.25) is 0 Å². The van der Waals surface area contributed by atoms with Gasteiger partial charge in [-0.1, -0.05) is 0 Å². The topological polar surface area (TPSA) is 178 Å². The third kappa shape index (κ3) is 16.4. The van der Waals surface area contributed by atoms with Gasteiger partial charge in [0.15, 0.2) is 0 Å². The summed E-state index contributed by atoms with van der Waals surface area (Å²) in [5.74, 6) is -7.30. The van der Waals surface area contributed by atoms with Crippen molar-refractivity contribution in [1.29, 1.82) is 0 Å². The van der Waals surface area contributed by atoms with Gasteiger partial charge < -0.3 is 31.1 Å². The molecule has 0 unspecified atom stereocenters. The first-order chi connectivity index (χ1) is 12.0.